The second-order valence-electron chi connectivity index (χ2n) is 2.35. The number of rotatable bonds is 0. The largest absolute Gasteiger partial charge is 0.315 e. The summed E-state index contributed by atoms with van der Waals surface area (Å²) in [6, 6.07) is 0. The third-order valence-electron chi connectivity index (χ3n) is 1.49. The highest BCUT2D eigenvalue weighted by atomic mass is 35.5. The van der Waals surface area contributed by atoms with Gasteiger partial charge in [-0.1, -0.05) is 0 Å². The zero-order valence-electron chi connectivity index (χ0n) is 6.88. The van der Waals surface area contributed by atoms with Crippen LogP contribution in [0.4, 0.5) is 0 Å². The fourth-order valence-corrected chi connectivity index (χ4v) is 1.85. The van der Waals surface area contributed by atoms with Gasteiger partial charge >= 0.3 is 0 Å². The summed E-state index contributed by atoms with van der Waals surface area (Å²) in [5.41, 5.74) is 0. The summed E-state index contributed by atoms with van der Waals surface area (Å²) in [6.07, 6.45) is 0. The average Bonchev–Trinajstić information content (AvgIpc) is 2.02. The van der Waals surface area contributed by atoms with Gasteiger partial charge in [0.05, 0.1) is 0 Å². The highest BCUT2D eigenvalue weighted by Gasteiger charge is 2.00. The van der Waals surface area contributed by atoms with Gasteiger partial charge < -0.3 is 10.6 Å². The number of hydrogen-bond acceptors (Lipinski definition) is 3. The van der Waals surface area contributed by atoms with Crippen molar-refractivity contribution in [1.82, 2.24) is 10.6 Å². The Bertz CT molecular complexity index is 114. The van der Waals surface area contributed by atoms with E-state index in [-0.39, 0.29) is 24.8 Å². The van der Waals surface area contributed by atoms with Crippen molar-refractivity contribution < 1.29 is 4.21 Å². The molecule has 2 N–H and O–H groups in total. The van der Waals surface area contributed by atoms with E-state index in [4.69, 9.17) is 0 Å². The first-order chi connectivity index (χ1) is 4.89. The molecule has 0 bridgehead atoms. The molecule has 0 amide bonds. The molecule has 6 heteroatoms. The van der Waals surface area contributed by atoms with E-state index in [9.17, 15) is 4.21 Å². The van der Waals surface area contributed by atoms with Crippen LogP contribution >= 0.6 is 24.8 Å². The molecule has 0 aliphatic carbocycles. The van der Waals surface area contributed by atoms with Gasteiger partial charge in [-0.3, -0.25) is 4.21 Å². The monoisotopic (exact) mass is 234 g/mol. The van der Waals surface area contributed by atoms with Gasteiger partial charge in [-0.15, -0.1) is 24.8 Å². The maximum Gasteiger partial charge on any atom is 0.0360 e. The number of halogens is 2. The van der Waals surface area contributed by atoms with E-state index in [1.165, 1.54) is 0 Å². The molecule has 0 aromatic rings. The van der Waals surface area contributed by atoms with Crippen LogP contribution < -0.4 is 10.6 Å². The fourth-order valence-electron chi connectivity index (χ4n) is 0.901. The fraction of sp³-hybridized carbons (Fsp3) is 1.00. The van der Waals surface area contributed by atoms with Crippen LogP contribution in [0.2, 0.25) is 0 Å². The molecule has 1 fully saturated rings. The van der Waals surface area contributed by atoms with Crippen molar-refractivity contribution in [3.05, 3.63) is 0 Å². The Kier molecular flexibility index (Phi) is 12.3. The smallest absolute Gasteiger partial charge is 0.0360 e. The van der Waals surface area contributed by atoms with Gasteiger partial charge in [0, 0.05) is 48.5 Å². The Morgan fingerprint density at radius 2 is 1.25 bits per heavy atom. The molecule has 0 aromatic carbocycles. The van der Waals surface area contributed by atoms with Crippen molar-refractivity contribution in [3.63, 3.8) is 0 Å². The number of hydrogen-bond donors (Lipinski definition) is 2. The summed E-state index contributed by atoms with van der Waals surface area (Å²) in [5.74, 6) is 1.61. The Morgan fingerprint density at radius 1 is 0.833 bits per heavy atom. The standard InChI is InChI=1S/C6H14N2OS.2ClH/c9-10-5-3-7-1-2-8-4-6-10;;/h7-8H,1-6H2;2*1H. The van der Waals surface area contributed by atoms with Crippen LogP contribution in [0.15, 0.2) is 0 Å². The van der Waals surface area contributed by atoms with Gasteiger partial charge in [-0.05, 0) is 0 Å². The summed E-state index contributed by atoms with van der Waals surface area (Å²) in [6.45, 7) is 3.79. The Balaban J connectivity index is 0. The molecular formula is C6H16Cl2N2OS. The lowest BCUT2D eigenvalue weighted by Gasteiger charge is -1.99. The van der Waals surface area contributed by atoms with Crippen LogP contribution in [0.3, 0.4) is 0 Å². The molecule has 3 nitrogen and oxygen atoms in total. The van der Waals surface area contributed by atoms with Crippen LogP contribution in [0.25, 0.3) is 0 Å². The first-order valence-electron chi connectivity index (χ1n) is 3.66. The normalized spacial score (nSPS) is 20.7. The van der Waals surface area contributed by atoms with E-state index in [2.05, 4.69) is 10.6 Å². The quantitative estimate of drug-likeness (QED) is 0.609. The Morgan fingerprint density at radius 3 is 1.67 bits per heavy atom. The minimum atomic E-state index is -0.605. The summed E-state index contributed by atoms with van der Waals surface area (Å²) in [5, 5.41) is 6.40. The molecule has 0 spiro atoms. The topological polar surface area (TPSA) is 41.1 Å². The lowest BCUT2D eigenvalue weighted by atomic mass is 10.6. The zero-order valence-corrected chi connectivity index (χ0v) is 9.33. The minimum Gasteiger partial charge on any atom is -0.315 e. The molecule has 76 valence electrons. The molecule has 12 heavy (non-hydrogen) atoms. The molecule has 1 heterocycles. The van der Waals surface area contributed by atoms with Gasteiger partial charge in [0.1, 0.15) is 0 Å². The van der Waals surface area contributed by atoms with Crippen LogP contribution in [0.5, 0.6) is 0 Å². The summed E-state index contributed by atoms with van der Waals surface area (Å²) >= 11 is 0. The lowest BCUT2D eigenvalue weighted by Crippen LogP contribution is -2.27. The highest BCUT2D eigenvalue weighted by Crippen LogP contribution is 1.81. The van der Waals surface area contributed by atoms with E-state index in [1.54, 1.807) is 0 Å². The van der Waals surface area contributed by atoms with E-state index >= 15 is 0 Å². The van der Waals surface area contributed by atoms with Gasteiger partial charge in [-0.2, -0.15) is 0 Å². The van der Waals surface area contributed by atoms with Crippen molar-refractivity contribution >= 4 is 35.6 Å². The molecule has 1 rings (SSSR count). The predicted octanol–water partition coefficient (Wildman–Crippen LogP) is -0.229. The first-order valence-corrected chi connectivity index (χ1v) is 5.15. The second-order valence-corrected chi connectivity index (χ2v) is 4.04. The third-order valence-corrected chi connectivity index (χ3v) is 2.81. The lowest BCUT2D eigenvalue weighted by molar-refractivity contribution is 0.652. The summed E-state index contributed by atoms with van der Waals surface area (Å²) < 4.78 is 11.0. The van der Waals surface area contributed by atoms with Crippen molar-refractivity contribution in [1.29, 1.82) is 0 Å². The maximum atomic E-state index is 11.0. The SMILES string of the molecule is Cl.Cl.O=S1CCNCCNCC1. The molecule has 0 unspecified atom stereocenters. The van der Waals surface area contributed by atoms with Crippen LogP contribution in [-0.2, 0) is 10.8 Å². The molecule has 0 aromatic heterocycles. The van der Waals surface area contributed by atoms with E-state index in [0.717, 1.165) is 37.7 Å². The number of nitrogens with one attached hydrogen (secondary N) is 2. The summed E-state index contributed by atoms with van der Waals surface area (Å²) in [7, 11) is -0.605. The predicted molar refractivity (Wildman–Crippen MR) is 58.1 cm³/mol. The molecule has 1 aliphatic rings. The van der Waals surface area contributed by atoms with Gasteiger partial charge in [-0.25, -0.2) is 0 Å². The molecule has 1 aliphatic heterocycles. The minimum absolute atomic E-state index is 0. The van der Waals surface area contributed by atoms with E-state index in [0.29, 0.717) is 0 Å². The van der Waals surface area contributed by atoms with Crippen molar-refractivity contribution in [2.24, 2.45) is 0 Å². The van der Waals surface area contributed by atoms with Gasteiger partial charge in [0.2, 0.25) is 0 Å². The molecule has 0 saturated carbocycles. The second kappa shape index (κ2) is 9.74. The van der Waals surface area contributed by atoms with Crippen molar-refractivity contribution in [2.45, 2.75) is 0 Å². The van der Waals surface area contributed by atoms with Crippen LogP contribution in [0.1, 0.15) is 0 Å². The Labute approximate surface area is 88.3 Å². The van der Waals surface area contributed by atoms with E-state index < -0.39 is 10.8 Å². The van der Waals surface area contributed by atoms with Crippen molar-refractivity contribution in [3.8, 4) is 0 Å². The highest BCUT2D eigenvalue weighted by molar-refractivity contribution is 7.85. The maximum absolute atomic E-state index is 11.0. The Hall–Kier alpha value is 0.650. The zero-order chi connectivity index (χ0) is 7.23. The average molecular weight is 235 g/mol. The molecular weight excluding hydrogens is 219 g/mol. The molecule has 0 atom stereocenters. The third kappa shape index (κ3) is 7.31. The van der Waals surface area contributed by atoms with Gasteiger partial charge in [0.25, 0.3) is 0 Å². The first kappa shape index (κ1) is 15.1. The summed E-state index contributed by atoms with van der Waals surface area (Å²) in [4.78, 5) is 0. The van der Waals surface area contributed by atoms with E-state index in [1.807, 2.05) is 0 Å². The molecule has 0 radical (unpaired) electrons. The van der Waals surface area contributed by atoms with Gasteiger partial charge in [0.15, 0.2) is 0 Å². The van der Waals surface area contributed by atoms with Crippen LogP contribution in [-0.4, -0.2) is 41.9 Å². The van der Waals surface area contributed by atoms with Crippen molar-refractivity contribution in [2.75, 3.05) is 37.7 Å². The van der Waals surface area contributed by atoms with Crippen LogP contribution in [0, 0.1) is 0 Å². The molecule has 1 saturated heterocycles.